The third-order valence-electron chi connectivity index (χ3n) is 6.45. The first kappa shape index (κ1) is 28.4. The number of aliphatic hydroxyl groups is 1. The number of benzene rings is 2. The maximum Gasteiger partial charge on any atom is 0.411 e. The molecule has 15 heteroatoms. The van der Waals surface area contributed by atoms with E-state index in [1.165, 1.54) is 24.2 Å². The van der Waals surface area contributed by atoms with Crippen molar-refractivity contribution in [3.63, 3.8) is 0 Å². The Morgan fingerprint density at radius 2 is 2.07 bits per heavy atom. The van der Waals surface area contributed by atoms with E-state index < -0.39 is 30.1 Å². The summed E-state index contributed by atoms with van der Waals surface area (Å²) in [6.07, 6.45) is 4.75. The Hall–Kier alpha value is -5.08. The van der Waals surface area contributed by atoms with Crippen LogP contribution in [0.5, 0.6) is 0 Å². The molecule has 0 aliphatic carbocycles. The van der Waals surface area contributed by atoms with Crippen LogP contribution in [0, 0.1) is 0 Å². The maximum absolute atomic E-state index is 13.1. The summed E-state index contributed by atoms with van der Waals surface area (Å²) in [5, 5.41) is 30.5. The number of H-pyrrole nitrogens is 1. The van der Waals surface area contributed by atoms with Gasteiger partial charge in [0, 0.05) is 34.1 Å². The van der Waals surface area contributed by atoms with E-state index >= 15 is 0 Å². The number of hydrogen-bond donors (Lipinski definition) is 5. The maximum atomic E-state index is 13.1. The van der Waals surface area contributed by atoms with Crippen molar-refractivity contribution in [3.05, 3.63) is 71.4 Å². The number of rotatable bonds is 5. The Morgan fingerprint density at radius 3 is 2.86 bits per heavy atom. The smallest absolute Gasteiger partial charge is 0.411 e. The number of aromatic nitrogens is 6. The van der Waals surface area contributed by atoms with Crippen molar-refractivity contribution in [1.82, 2.24) is 35.5 Å². The number of aliphatic hydroxyl groups excluding tert-OH is 1. The van der Waals surface area contributed by atoms with Gasteiger partial charge in [-0.25, -0.2) is 9.78 Å². The Labute approximate surface area is 244 Å². The van der Waals surface area contributed by atoms with Crippen molar-refractivity contribution in [3.8, 4) is 16.9 Å². The number of tetrazole rings is 1. The largest absolute Gasteiger partial charge is 0.453 e. The topological polar surface area (TPSA) is 189 Å². The van der Waals surface area contributed by atoms with Gasteiger partial charge < -0.3 is 25.5 Å². The lowest BCUT2D eigenvalue weighted by Crippen LogP contribution is -2.29. The van der Waals surface area contributed by atoms with Crippen LogP contribution in [0.25, 0.3) is 23.0 Å². The molecule has 1 aliphatic heterocycles. The molecule has 2 bridgehead atoms. The summed E-state index contributed by atoms with van der Waals surface area (Å²) in [7, 11) is 1.24. The molecule has 0 saturated heterocycles. The van der Waals surface area contributed by atoms with Gasteiger partial charge in [0.1, 0.15) is 12.2 Å². The molecule has 1 aliphatic rings. The highest BCUT2D eigenvalue weighted by Gasteiger charge is 2.23. The first-order valence-corrected chi connectivity index (χ1v) is 13.2. The van der Waals surface area contributed by atoms with E-state index in [0.717, 1.165) is 0 Å². The van der Waals surface area contributed by atoms with E-state index in [9.17, 15) is 19.5 Å². The van der Waals surface area contributed by atoms with E-state index in [-0.39, 0.29) is 12.8 Å². The van der Waals surface area contributed by atoms with Crippen LogP contribution in [0.15, 0.2) is 55.0 Å². The molecule has 2 aromatic carbocycles. The molecule has 2 atom stereocenters. The molecular formula is C27H26ClN9O5. The van der Waals surface area contributed by atoms with E-state index in [1.54, 1.807) is 48.7 Å². The van der Waals surface area contributed by atoms with Crippen LogP contribution in [0.2, 0.25) is 5.02 Å². The number of carbonyl (C=O) groups is 3. The lowest BCUT2D eigenvalue weighted by atomic mass is 10.0. The highest BCUT2D eigenvalue weighted by molar-refractivity contribution is 6.30. The number of nitrogens with one attached hydrogen (secondary N) is 4. The number of methoxy groups -OCH3 is 1. The number of ether oxygens (including phenoxy) is 1. The zero-order chi connectivity index (χ0) is 29.6. The fourth-order valence-corrected chi connectivity index (χ4v) is 4.63. The van der Waals surface area contributed by atoms with Crippen molar-refractivity contribution in [2.45, 2.75) is 31.4 Å². The van der Waals surface area contributed by atoms with Gasteiger partial charge in [0.25, 0.3) is 0 Å². The highest BCUT2D eigenvalue weighted by atomic mass is 35.5. The average molecular weight is 592 g/mol. The average Bonchev–Trinajstić information content (AvgIpc) is 3.67. The number of amides is 3. The molecule has 0 spiro atoms. The van der Waals surface area contributed by atoms with Crippen LogP contribution in [0.4, 0.5) is 16.2 Å². The summed E-state index contributed by atoms with van der Waals surface area (Å²) in [5.41, 5.74) is 3.08. The molecule has 4 aromatic rings. The van der Waals surface area contributed by atoms with Crippen molar-refractivity contribution in [2.75, 3.05) is 17.7 Å². The fourth-order valence-electron chi connectivity index (χ4n) is 4.45. The van der Waals surface area contributed by atoms with Gasteiger partial charge in [-0.1, -0.05) is 11.6 Å². The van der Waals surface area contributed by atoms with Gasteiger partial charge in [0.2, 0.25) is 11.8 Å². The predicted octanol–water partition coefficient (Wildman–Crippen LogP) is 3.24. The first-order chi connectivity index (χ1) is 20.3. The predicted molar refractivity (Wildman–Crippen MR) is 153 cm³/mol. The number of aromatic amines is 1. The monoisotopic (exact) mass is 591 g/mol. The zero-order valence-electron chi connectivity index (χ0n) is 22.2. The minimum absolute atomic E-state index is 0.164. The van der Waals surface area contributed by atoms with Gasteiger partial charge >= 0.3 is 6.09 Å². The minimum Gasteiger partial charge on any atom is -0.453 e. The summed E-state index contributed by atoms with van der Waals surface area (Å²) in [6.45, 7) is 0. The van der Waals surface area contributed by atoms with Gasteiger partial charge in [-0.3, -0.25) is 14.9 Å². The van der Waals surface area contributed by atoms with Crippen molar-refractivity contribution < 1.29 is 24.2 Å². The third-order valence-corrected chi connectivity index (χ3v) is 6.69. The third kappa shape index (κ3) is 6.79. The van der Waals surface area contributed by atoms with Crippen molar-refractivity contribution in [2.24, 2.45) is 0 Å². The molecule has 0 saturated carbocycles. The summed E-state index contributed by atoms with van der Waals surface area (Å²) in [6, 6.07) is 9.40. The van der Waals surface area contributed by atoms with Crippen LogP contribution in [0.1, 0.15) is 36.7 Å². The molecule has 3 heterocycles. The molecular weight excluding hydrogens is 566 g/mol. The first-order valence-electron chi connectivity index (χ1n) is 12.8. The summed E-state index contributed by atoms with van der Waals surface area (Å²) in [4.78, 5) is 45.2. The molecule has 0 fully saturated rings. The van der Waals surface area contributed by atoms with Crippen molar-refractivity contribution in [1.29, 1.82) is 0 Å². The fraction of sp³-hybridized carbons (Fsp3) is 0.222. The van der Waals surface area contributed by atoms with Gasteiger partial charge in [-0.15, -0.1) is 5.10 Å². The quantitative estimate of drug-likeness (QED) is 0.217. The molecule has 2 aromatic heterocycles. The molecule has 42 heavy (non-hydrogen) atoms. The Bertz CT molecular complexity index is 1640. The SMILES string of the molecule is COC(=O)Nc1ccc2c(c1)NC(=O)C[C@@H](O)CCC(NC(=O)C=Cc1cc(Cl)ccc1-n1cnnn1)c1nc-2c[nH]1. The number of imidazole rings is 1. The molecule has 0 radical (unpaired) electrons. The molecule has 14 nitrogen and oxygen atoms in total. The molecule has 5 rings (SSSR count). The standard InChI is InChI=1S/C27H26ClN9O5/c1-42-27(41)31-17-4-6-19-21(11-17)33-25(40)12-18(38)5-7-20(26-29-13-22(19)34-26)32-24(39)9-2-15-10-16(28)3-8-23(15)37-14-30-35-36-37/h2-4,6,8-11,13-14,18,20,38H,5,7,12H2,1H3,(H,29,34)(H,31,41)(H,32,39)(H,33,40)/t18-,20?/m0/s1. The van der Waals surface area contributed by atoms with Crippen LogP contribution in [0.3, 0.4) is 0 Å². The van der Waals surface area contributed by atoms with Crippen LogP contribution >= 0.6 is 11.6 Å². The van der Waals surface area contributed by atoms with E-state index in [4.69, 9.17) is 11.6 Å². The van der Waals surface area contributed by atoms with Gasteiger partial charge in [-0.2, -0.15) is 4.68 Å². The van der Waals surface area contributed by atoms with E-state index in [1.807, 2.05) is 0 Å². The second-order valence-electron chi connectivity index (χ2n) is 9.38. The van der Waals surface area contributed by atoms with Gasteiger partial charge in [0.15, 0.2) is 0 Å². The minimum atomic E-state index is -0.973. The van der Waals surface area contributed by atoms with Gasteiger partial charge in [0.05, 0.1) is 42.7 Å². The summed E-state index contributed by atoms with van der Waals surface area (Å²) >= 11 is 6.18. The van der Waals surface area contributed by atoms with E-state index in [0.29, 0.717) is 51.2 Å². The molecule has 3 amide bonds. The number of anilines is 2. The highest BCUT2D eigenvalue weighted by Crippen LogP contribution is 2.32. The molecule has 5 N–H and O–H groups in total. The Kier molecular flexibility index (Phi) is 8.55. The summed E-state index contributed by atoms with van der Waals surface area (Å²) in [5.74, 6) is -0.372. The van der Waals surface area contributed by atoms with Crippen LogP contribution in [-0.4, -0.2) is 66.4 Å². The number of nitrogens with zero attached hydrogens (tertiary/aromatic N) is 5. The molecule has 216 valence electrons. The zero-order valence-corrected chi connectivity index (χ0v) is 23.0. The number of carbonyl (C=O) groups excluding carboxylic acids is 3. The van der Waals surface area contributed by atoms with Crippen LogP contribution < -0.4 is 16.0 Å². The van der Waals surface area contributed by atoms with Crippen molar-refractivity contribution >= 4 is 47.0 Å². The normalized spacial score (nSPS) is 17.0. The van der Waals surface area contributed by atoms with Crippen LogP contribution in [-0.2, 0) is 14.3 Å². The number of halogens is 1. The second kappa shape index (κ2) is 12.6. The lowest BCUT2D eigenvalue weighted by Gasteiger charge is -2.19. The van der Waals surface area contributed by atoms with Gasteiger partial charge in [-0.05, 0) is 65.7 Å². The number of hydrogen-bond acceptors (Lipinski definition) is 9. The van der Waals surface area contributed by atoms with E-state index in [2.05, 4.69) is 46.2 Å². The summed E-state index contributed by atoms with van der Waals surface area (Å²) < 4.78 is 6.09. The number of fused-ring (bicyclic) bond motifs is 4. The lowest BCUT2D eigenvalue weighted by molar-refractivity contribution is -0.119. The Balaban J connectivity index is 1.41. The second-order valence-corrected chi connectivity index (χ2v) is 9.82. The Morgan fingerprint density at radius 1 is 1.21 bits per heavy atom. The molecule has 1 unspecified atom stereocenters.